The van der Waals surface area contributed by atoms with E-state index in [4.69, 9.17) is 0 Å². The zero-order chi connectivity index (χ0) is 18.8. The molecule has 2 aromatic rings. The zero-order valence-electron chi connectivity index (χ0n) is 15.0. The molecule has 3 rings (SSSR count). The van der Waals surface area contributed by atoms with E-state index in [9.17, 15) is 14.4 Å². The summed E-state index contributed by atoms with van der Waals surface area (Å²) >= 11 is 1.50. The number of aromatic nitrogens is 4. The van der Waals surface area contributed by atoms with Crippen LogP contribution in [0.1, 0.15) is 29.4 Å². The van der Waals surface area contributed by atoms with Crippen molar-refractivity contribution in [3.63, 3.8) is 0 Å². The molecule has 1 atom stereocenters. The minimum absolute atomic E-state index is 0.0763. The lowest BCUT2D eigenvalue weighted by atomic mass is 10.2. The Balaban J connectivity index is 1.60. The van der Waals surface area contributed by atoms with Crippen molar-refractivity contribution in [1.29, 1.82) is 0 Å². The summed E-state index contributed by atoms with van der Waals surface area (Å²) in [6.07, 6.45) is 1.69. The fourth-order valence-corrected chi connectivity index (χ4v) is 3.99. The average Bonchev–Trinajstić information content (AvgIpc) is 2.97. The van der Waals surface area contributed by atoms with Crippen LogP contribution in [0.4, 0.5) is 0 Å². The molecule has 1 aliphatic rings. The summed E-state index contributed by atoms with van der Waals surface area (Å²) in [6.45, 7) is 6.01. The lowest BCUT2D eigenvalue weighted by Crippen LogP contribution is -2.34. The number of carbonyl (C=O) groups excluding carboxylic acids is 1. The summed E-state index contributed by atoms with van der Waals surface area (Å²) in [5.74, 6) is 0.501. The number of rotatable bonds is 5. The van der Waals surface area contributed by atoms with Crippen LogP contribution >= 0.6 is 11.8 Å². The quantitative estimate of drug-likeness (QED) is 0.768. The van der Waals surface area contributed by atoms with Crippen molar-refractivity contribution in [1.82, 2.24) is 24.4 Å². The zero-order valence-corrected chi connectivity index (χ0v) is 15.8. The smallest absolute Gasteiger partial charge is 0.257 e. The van der Waals surface area contributed by atoms with Gasteiger partial charge in [-0.25, -0.2) is 9.97 Å². The van der Waals surface area contributed by atoms with Gasteiger partial charge in [-0.05, 0) is 20.8 Å². The first-order chi connectivity index (χ1) is 12.4. The second-order valence-electron chi connectivity index (χ2n) is 6.36. The van der Waals surface area contributed by atoms with E-state index in [-0.39, 0.29) is 29.5 Å². The van der Waals surface area contributed by atoms with Gasteiger partial charge in [-0.1, -0.05) is 11.8 Å². The van der Waals surface area contributed by atoms with Crippen LogP contribution in [0.15, 0.2) is 27.1 Å². The summed E-state index contributed by atoms with van der Waals surface area (Å²) in [5.41, 5.74) is 1.80. The highest BCUT2D eigenvalue weighted by molar-refractivity contribution is 7.99. The molecule has 9 heteroatoms. The molecule has 0 aromatic carbocycles. The van der Waals surface area contributed by atoms with E-state index in [1.54, 1.807) is 18.4 Å². The van der Waals surface area contributed by atoms with Crippen LogP contribution in [-0.2, 0) is 11.3 Å². The normalized spacial score (nSPS) is 15.7. The molecule has 0 fully saturated rings. The summed E-state index contributed by atoms with van der Waals surface area (Å²) < 4.78 is 3.08. The van der Waals surface area contributed by atoms with E-state index >= 15 is 0 Å². The van der Waals surface area contributed by atoms with Crippen LogP contribution in [0.3, 0.4) is 0 Å². The topological polar surface area (TPSA) is 98.9 Å². The van der Waals surface area contributed by atoms with Crippen molar-refractivity contribution in [3.8, 4) is 0 Å². The van der Waals surface area contributed by atoms with Crippen LogP contribution in [0, 0.1) is 20.8 Å². The van der Waals surface area contributed by atoms with E-state index in [1.807, 2.05) is 6.92 Å². The van der Waals surface area contributed by atoms with Gasteiger partial charge in [0.25, 0.3) is 11.1 Å². The third-order valence-electron chi connectivity index (χ3n) is 4.43. The molecule has 0 spiro atoms. The van der Waals surface area contributed by atoms with Crippen LogP contribution in [-0.4, -0.2) is 37.3 Å². The molecule has 1 N–H and O–H groups in total. The lowest BCUT2D eigenvalue weighted by molar-refractivity contribution is -0.121. The summed E-state index contributed by atoms with van der Waals surface area (Å²) in [6, 6.07) is 1.26. The second-order valence-corrected chi connectivity index (χ2v) is 7.35. The minimum Gasteiger partial charge on any atom is -0.354 e. The van der Waals surface area contributed by atoms with E-state index in [0.29, 0.717) is 35.3 Å². The summed E-state index contributed by atoms with van der Waals surface area (Å²) in [7, 11) is 0. The molecule has 0 saturated carbocycles. The van der Waals surface area contributed by atoms with E-state index in [2.05, 4.69) is 15.3 Å². The molecule has 1 amide bonds. The van der Waals surface area contributed by atoms with Gasteiger partial charge in [0.2, 0.25) is 5.91 Å². The van der Waals surface area contributed by atoms with Crippen molar-refractivity contribution < 1.29 is 4.79 Å². The van der Waals surface area contributed by atoms with E-state index in [0.717, 1.165) is 5.69 Å². The van der Waals surface area contributed by atoms with Crippen molar-refractivity contribution in [2.45, 2.75) is 44.9 Å². The Bertz CT molecular complexity index is 966. The summed E-state index contributed by atoms with van der Waals surface area (Å²) in [4.78, 5) is 45.0. The Labute approximate surface area is 154 Å². The second kappa shape index (κ2) is 7.45. The molecule has 0 saturated heterocycles. The standard InChI is InChI=1S/C17H21N5O3S/c1-10-6-15(24)21(9-19-10)5-4-18-14(23)7-13-8-26-17-20-12(3)11(2)16(25)22(13)17/h6,9,13H,4-5,7-8H2,1-3H3,(H,18,23). The Kier molecular flexibility index (Phi) is 5.26. The van der Waals surface area contributed by atoms with Crippen molar-refractivity contribution in [2.75, 3.05) is 12.3 Å². The number of amides is 1. The third-order valence-corrected chi connectivity index (χ3v) is 5.53. The average molecular weight is 375 g/mol. The molecule has 138 valence electrons. The van der Waals surface area contributed by atoms with Gasteiger partial charge in [0.15, 0.2) is 5.16 Å². The van der Waals surface area contributed by atoms with Crippen molar-refractivity contribution >= 4 is 17.7 Å². The van der Waals surface area contributed by atoms with Gasteiger partial charge in [-0.3, -0.25) is 23.5 Å². The first-order valence-electron chi connectivity index (χ1n) is 8.39. The van der Waals surface area contributed by atoms with Crippen LogP contribution in [0.25, 0.3) is 0 Å². The van der Waals surface area contributed by atoms with Crippen molar-refractivity contribution in [3.05, 3.63) is 50.1 Å². The SMILES string of the molecule is Cc1cc(=O)n(CCNC(=O)CC2CSc3nc(C)c(C)c(=O)n32)cn1. The van der Waals surface area contributed by atoms with Gasteiger partial charge in [0.1, 0.15) is 0 Å². The number of nitrogens with zero attached hydrogens (tertiary/aromatic N) is 4. The number of hydrogen-bond acceptors (Lipinski definition) is 6. The molecule has 0 aliphatic carbocycles. The monoisotopic (exact) mass is 375 g/mol. The number of hydrogen-bond donors (Lipinski definition) is 1. The molecule has 1 unspecified atom stereocenters. The number of carbonyl (C=O) groups is 1. The Morgan fingerprint density at radius 1 is 1.35 bits per heavy atom. The predicted molar refractivity (Wildman–Crippen MR) is 98.6 cm³/mol. The number of thioether (sulfide) groups is 1. The van der Waals surface area contributed by atoms with Crippen LogP contribution in [0.2, 0.25) is 0 Å². The molecule has 0 radical (unpaired) electrons. The molecule has 26 heavy (non-hydrogen) atoms. The first kappa shape index (κ1) is 18.4. The van der Waals surface area contributed by atoms with Crippen molar-refractivity contribution in [2.24, 2.45) is 0 Å². The highest BCUT2D eigenvalue weighted by Crippen LogP contribution is 2.32. The number of nitrogens with one attached hydrogen (secondary N) is 1. The highest BCUT2D eigenvalue weighted by Gasteiger charge is 2.28. The fourth-order valence-electron chi connectivity index (χ4n) is 2.81. The molecule has 3 heterocycles. The first-order valence-corrected chi connectivity index (χ1v) is 9.37. The number of aryl methyl sites for hydroxylation is 2. The maximum Gasteiger partial charge on any atom is 0.257 e. The maximum atomic E-state index is 12.5. The van der Waals surface area contributed by atoms with Crippen LogP contribution < -0.4 is 16.4 Å². The molecular weight excluding hydrogens is 354 g/mol. The fraction of sp³-hybridized carbons (Fsp3) is 0.471. The largest absolute Gasteiger partial charge is 0.354 e. The number of fused-ring (bicyclic) bond motifs is 1. The summed E-state index contributed by atoms with van der Waals surface area (Å²) in [5, 5.41) is 3.48. The Hall–Kier alpha value is -2.42. The van der Waals surface area contributed by atoms with Crippen LogP contribution in [0.5, 0.6) is 0 Å². The van der Waals surface area contributed by atoms with Gasteiger partial charge < -0.3 is 5.32 Å². The van der Waals surface area contributed by atoms with Gasteiger partial charge in [0.05, 0.1) is 12.4 Å². The molecule has 0 bridgehead atoms. The van der Waals surface area contributed by atoms with Gasteiger partial charge >= 0.3 is 0 Å². The Morgan fingerprint density at radius 2 is 2.12 bits per heavy atom. The van der Waals surface area contributed by atoms with Gasteiger partial charge in [0, 0.05) is 48.3 Å². The van der Waals surface area contributed by atoms with E-state index in [1.165, 1.54) is 28.7 Å². The van der Waals surface area contributed by atoms with E-state index < -0.39 is 0 Å². The highest BCUT2D eigenvalue weighted by atomic mass is 32.2. The molecule has 2 aromatic heterocycles. The molecular formula is C17H21N5O3S. The lowest BCUT2D eigenvalue weighted by Gasteiger charge is -2.14. The molecule has 1 aliphatic heterocycles. The predicted octanol–water partition coefficient (Wildman–Crippen LogP) is 0.579. The van der Waals surface area contributed by atoms with Gasteiger partial charge in [-0.2, -0.15) is 0 Å². The maximum absolute atomic E-state index is 12.5. The molecule has 8 nitrogen and oxygen atoms in total. The Morgan fingerprint density at radius 3 is 2.85 bits per heavy atom. The third kappa shape index (κ3) is 3.72. The minimum atomic E-state index is -0.196. The van der Waals surface area contributed by atoms with Gasteiger partial charge in [-0.15, -0.1) is 0 Å².